The van der Waals surface area contributed by atoms with E-state index in [9.17, 15) is 0 Å². The van der Waals surface area contributed by atoms with Crippen LogP contribution in [-0.2, 0) is 0 Å². The zero-order valence-corrected chi connectivity index (χ0v) is 6.85. The molecular formula is C9H15N. The zero-order valence-electron chi connectivity index (χ0n) is 6.85. The lowest BCUT2D eigenvalue weighted by Crippen LogP contribution is -2.04. The summed E-state index contributed by atoms with van der Waals surface area (Å²) in [6.07, 6.45) is 3.64. The van der Waals surface area contributed by atoms with Gasteiger partial charge in [-0.1, -0.05) is 12.5 Å². The van der Waals surface area contributed by atoms with E-state index in [1.54, 1.807) is 0 Å². The van der Waals surface area contributed by atoms with Crippen molar-refractivity contribution in [1.29, 1.82) is 0 Å². The number of hydrogen-bond acceptors (Lipinski definition) is 1. The van der Waals surface area contributed by atoms with Crippen molar-refractivity contribution in [3.05, 3.63) is 11.3 Å². The highest BCUT2D eigenvalue weighted by Gasteiger charge is 2.13. The predicted molar refractivity (Wildman–Crippen MR) is 45.3 cm³/mol. The van der Waals surface area contributed by atoms with E-state index in [1.807, 2.05) is 0 Å². The number of allylic oxidation sites excluding steroid dienone is 2. The van der Waals surface area contributed by atoms with Gasteiger partial charge in [0.05, 0.1) is 0 Å². The van der Waals surface area contributed by atoms with E-state index >= 15 is 0 Å². The lowest BCUT2D eigenvalue weighted by Gasteiger charge is -2.19. The van der Waals surface area contributed by atoms with Crippen LogP contribution in [0.2, 0.25) is 0 Å². The monoisotopic (exact) mass is 137 g/mol. The Labute approximate surface area is 62.9 Å². The van der Waals surface area contributed by atoms with Crippen LogP contribution in [-0.4, -0.2) is 6.72 Å². The van der Waals surface area contributed by atoms with Gasteiger partial charge in [0.1, 0.15) is 0 Å². The van der Waals surface area contributed by atoms with Crippen molar-refractivity contribution < 1.29 is 0 Å². The summed E-state index contributed by atoms with van der Waals surface area (Å²) in [6, 6.07) is 0. The summed E-state index contributed by atoms with van der Waals surface area (Å²) < 4.78 is 0. The lowest BCUT2D eigenvalue weighted by atomic mass is 9.89. The molecule has 1 nitrogen and oxygen atoms in total. The van der Waals surface area contributed by atoms with Gasteiger partial charge in [-0.25, -0.2) is 0 Å². The number of rotatable bonds is 1. The molecule has 0 saturated heterocycles. The molecule has 1 rings (SSSR count). The Morgan fingerprint density at radius 3 is 2.80 bits per heavy atom. The fraction of sp³-hybridized carbons (Fsp3) is 0.667. The summed E-state index contributed by atoms with van der Waals surface area (Å²) in [5.41, 5.74) is 2.67. The molecule has 0 amide bonds. The average Bonchev–Trinajstić information content (AvgIpc) is 1.88. The van der Waals surface area contributed by atoms with Crippen molar-refractivity contribution >= 4 is 6.72 Å². The molecule has 1 heteroatoms. The largest absolute Gasteiger partial charge is 0.269 e. The molecule has 0 bridgehead atoms. The molecule has 0 heterocycles. The normalized spacial score (nSPS) is 26.8. The zero-order chi connectivity index (χ0) is 7.56. The molecule has 0 aliphatic heterocycles. The molecule has 1 aliphatic rings. The van der Waals surface area contributed by atoms with Gasteiger partial charge in [0, 0.05) is 5.70 Å². The van der Waals surface area contributed by atoms with Gasteiger partial charge in [-0.2, -0.15) is 0 Å². The highest BCUT2D eigenvalue weighted by atomic mass is 14.7. The van der Waals surface area contributed by atoms with Gasteiger partial charge in [0.15, 0.2) is 0 Å². The topological polar surface area (TPSA) is 12.4 Å². The van der Waals surface area contributed by atoms with Gasteiger partial charge in [0.2, 0.25) is 0 Å². The minimum Gasteiger partial charge on any atom is -0.269 e. The third-order valence-electron chi connectivity index (χ3n) is 2.21. The smallest absolute Gasteiger partial charge is 0.0385 e. The van der Waals surface area contributed by atoms with Crippen LogP contribution in [0.15, 0.2) is 16.3 Å². The Bertz CT molecular complexity index is 168. The SMILES string of the molecule is C=NC1=C(C)CC(C)CC1. The van der Waals surface area contributed by atoms with Crippen LogP contribution < -0.4 is 0 Å². The summed E-state index contributed by atoms with van der Waals surface area (Å²) in [5.74, 6) is 0.852. The van der Waals surface area contributed by atoms with E-state index in [0.29, 0.717) is 0 Å². The minimum atomic E-state index is 0.852. The Balaban J connectivity index is 2.70. The van der Waals surface area contributed by atoms with E-state index in [4.69, 9.17) is 0 Å². The van der Waals surface area contributed by atoms with Crippen LogP contribution in [0.4, 0.5) is 0 Å². The summed E-state index contributed by atoms with van der Waals surface area (Å²) in [6.45, 7) is 8.01. The van der Waals surface area contributed by atoms with Gasteiger partial charge in [-0.15, -0.1) is 0 Å². The molecule has 0 aromatic rings. The van der Waals surface area contributed by atoms with E-state index in [0.717, 1.165) is 12.3 Å². The molecule has 0 radical (unpaired) electrons. The Morgan fingerprint density at radius 1 is 1.60 bits per heavy atom. The van der Waals surface area contributed by atoms with Crippen LogP contribution in [0.5, 0.6) is 0 Å². The molecule has 1 aliphatic carbocycles. The van der Waals surface area contributed by atoms with Crippen LogP contribution in [0.3, 0.4) is 0 Å². The van der Waals surface area contributed by atoms with Crippen molar-refractivity contribution in [2.24, 2.45) is 10.9 Å². The van der Waals surface area contributed by atoms with E-state index in [2.05, 4.69) is 25.6 Å². The van der Waals surface area contributed by atoms with Crippen LogP contribution >= 0.6 is 0 Å². The van der Waals surface area contributed by atoms with Crippen LogP contribution in [0.25, 0.3) is 0 Å². The first-order valence-corrected chi connectivity index (χ1v) is 3.89. The highest BCUT2D eigenvalue weighted by Crippen LogP contribution is 2.28. The van der Waals surface area contributed by atoms with E-state index in [1.165, 1.54) is 24.1 Å². The van der Waals surface area contributed by atoms with Crippen molar-refractivity contribution in [2.45, 2.75) is 33.1 Å². The fourth-order valence-corrected chi connectivity index (χ4v) is 1.55. The average molecular weight is 137 g/mol. The molecule has 0 fully saturated rings. The number of hydrogen-bond donors (Lipinski definition) is 0. The minimum absolute atomic E-state index is 0.852. The molecule has 1 atom stereocenters. The molecular weight excluding hydrogens is 122 g/mol. The Kier molecular flexibility index (Phi) is 2.25. The maximum atomic E-state index is 3.99. The summed E-state index contributed by atoms with van der Waals surface area (Å²) in [5, 5.41) is 0. The molecule has 10 heavy (non-hydrogen) atoms. The maximum Gasteiger partial charge on any atom is 0.0385 e. The molecule has 0 aromatic carbocycles. The number of nitrogens with zero attached hydrogens (tertiary/aromatic N) is 1. The molecule has 0 aromatic heterocycles. The molecule has 0 saturated carbocycles. The van der Waals surface area contributed by atoms with E-state index < -0.39 is 0 Å². The standard InChI is InChI=1S/C9H15N/c1-7-4-5-9(10-3)8(2)6-7/h7H,3-6H2,1-2H3. The summed E-state index contributed by atoms with van der Waals surface area (Å²) >= 11 is 0. The quantitative estimate of drug-likeness (QED) is 0.493. The highest BCUT2D eigenvalue weighted by molar-refractivity contribution is 5.31. The first kappa shape index (κ1) is 7.52. The molecule has 0 N–H and O–H groups in total. The molecule has 0 spiro atoms. The lowest BCUT2D eigenvalue weighted by molar-refractivity contribution is 0.494. The maximum absolute atomic E-state index is 3.99. The van der Waals surface area contributed by atoms with Gasteiger partial charge in [-0.05, 0) is 38.8 Å². The van der Waals surface area contributed by atoms with Gasteiger partial charge >= 0.3 is 0 Å². The summed E-state index contributed by atoms with van der Waals surface area (Å²) in [4.78, 5) is 3.99. The van der Waals surface area contributed by atoms with Crippen molar-refractivity contribution in [3.63, 3.8) is 0 Å². The van der Waals surface area contributed by atoms with Crippen molar-refractivity contribution in [1.82, 2.24) is 0 Å². The van der Waals surface area contributed by atoms with Gasteiger partial charge < -0.3 is 0 Å². The molecule has 56 valence electrons. The Hall–Kier alpha value is -0.590. The third-order valence-corrected chi connectivity index (χ3v) is 2.21. The van der Waals surface area contributed by atoms with Crippen LogP contribution in [0, 0.1) is 5.92 Å². The van der Waals surface area contributed by atoms with Gasteiger partial charge in [-0.3, -0.25) is 4.99 Å². The second-order valence-corrected chi connectivity index (χ2v) is 3.23. The first-order chi connectivity index (χ1) is 4.74. The number of aliphatic imine (C=N–C) groups is 1. The predicted octanol–water partition coefficient (Wildman–Crippen LogP) is 2.78. The van der Waals surface area contributed by atoms with Crippen molar-refractivity contribution in [3.8, 4) is 0 Å². The Morgan fingerprint density at radius 2 is 2.30 bits per heavy atom. The van der Waals surface area contributed by atoms with E-state index in [-0.39, 0.29) is 0 Å². The fourth-order valence-electron chi connectivity index (χ4n) is 1.55. The van der Waals surface area contributed by atoms with Gasteiger partial charge in [0.25, 0.3) is 0 Å². The molecule has 1 unspecified atom stereocenters. The van der Waals surface area contributed by atoms with Crippen molar-refractivity contribution in [2.75, 3.05) is 0 Å². The van der Waals surface area contributed by atoms with Crippen LogP contribution in [0.1, 0.15) is 33.1 Å². The second-order valence-electron chi connectivity index (χ2n) is 3.23. The summed E-state index contributed by atoms with van der Waals surface area (Å²) in [7, 11) is 0. The first-order valence-electron chi connectivity index (χ1n) is 3.89. The second kappa shape index (κ2) is 3.00. The third kappa shape index (κ3) is 1.47.